The Morgan fingerprint density at radius 2 is 1.93 bits per heavy atom. The molecule has 0 aromatic heterocycles. The van der Waals surface area contributed by atoms with Crippen LogP contribution in [-0.4, -0.2) is 37.6 Å². The van der Waals surface area contributed by atoms with Gasteiger partial charge in [0, 0.05) is 43.0 Å². The molecule has 9 heteroatoms. The molecular weight excluding hydrogens is 352 g/mol. The lowest BCUT2D eigenvalue weighted by atomic mass is 10.2. The SMILES string of the molecule is COc1cccc(CNCCNc2ccc([N+](=O)[O-])cc2)c1OCC(N)=O. The fourth-order valence-corrected chi connectivity index (χ4v) is 2.39. The molecule has 0 bridgehead atoms. The Kier molecular flexibility index (Phi) is 7.38. The van der Waals surface area contributed by atoms with Gasteiger partial charge in [-0.2, -0.15) is 0 Å². The maximum atomic E-state index is 11.0. The molecule has 2 aromatic carbocycles. The zero-order valence-electron chi connectivity index (χ0n) is 14.9. The number of methoxy groups -OCH3 is 1. The third-order valence-electron chi connectivity index (χ3n) is 3.66. The molecule has 0 saturated heterocycles. The summed E-state index contributed by atoms with van der Waals surface area (Å²) in [5.41, 5.74) is 6.83. The number of nitro groups is 1. The number of ether oxygens (including phenoxy) is 2. The van der Waals surface area contributed by atoms with Crippen molar-refractivity contribution >= 4 is 17.3 Å². The second-order valence-corrected chi connectivity index (χ2v) is 5.61. The molecule has 0 atom stereocenters. The van der Waals surface area contributed by atoms with E-state index in [1.54, 1.807) is 18.2 Å². The van der Waals surface area contributed by atoms with Gasteiger partial charge in [-0.1, -0.05) is 12.1 Å². The van der Waals surface area contributed by atoms with Crippen molar-refractivity contribution in [3.8, 4) is 11.5 Å². The van der Waals surface area contributed by atoms with Crippen molar-refractivity contribution in [1.29, 1.82) is 0 Å². The van der Waals surface area contributed by atoms with Crippen LogP contribution in [0.5, 0.6) is 11.5 Å². The van der Waals surface area contributed by atoms with Gasteiger partial charge in [0.05, 0.1) is 12.0 Å². The number of carbonyl (C=O) groups excluding carboxylic acids is 1. The number of anilines is 1. The van der Waals surface area contributed by atoms with Crippen molar-refractivity contribution < 1.29 is 19.2 Å². The predicted octanol–water partition coefficient (Wildman–Crippen LogP) is 1.67. The average molecular weight is 374 g/mol. The largest absolute Gasteiger partial charge is 0.493 e. The summed E-state index contributed by atoms with van der Waals surface area (Å²) in [4.78, 5) is 21.2. The van der Waals surface area contributed by atoms with Crippen LogP contribution >= 0.6 is 0 Å². The van der Waals surface area contributed by atoms with Crippen molar-refractivity contribution in [3.63, 3.8) is 0 Å². The Morgan fingerprint density at radius 3 is 2.56 bits per heavy atom. The summed E-state index contributed by atoms with van der Waals surface area (Å²) in [5, 5.41) is 17.1. The fourth-order valence-electron chi connectivity index (χ4n) is 2.39. The van der Waals surface area contributed by atoms with E-state index in [9.17, 15) is 14.9 Å². The monoisotopic (exact) mass is 374 g/mol. The number of hydrogen-bond acceptors (Lipinski definition) is 7. The lowest BCUT2D eigenvalue weighted by Gasteiger charge is -2.15. The molecule has 0 unspecified atom stereocenters. The molecule has 0 aliphatic rings. The van der Waals surface area contributed by atoms with E-state index in [1.807, 2.05) is 12.1 Å². The minimum absolute atomic E-state index is 0.0557. The van der Waals surface area contributed by atoms with E-state index >= 15 is 0 Å². The first kappa shape index (κ1) is 20.0. The van der Waals surface area contributed by atoms with Gasteiger partial charge < -0.3 is 25.8 Å². The molecule has 9 nitrogen and oxygen atoms in total. The van der Waals surface area contributed by atoms with Gasteiger partial charge in [0.15, 0.2) is 18.1 Å². The van der Waals surface area contributed by atoms with E-state index < -0.39 is 10.8 Å². The van der Waals surface area contributed by atoms with E-state index in [1.165, 1.54) is 19.2 Å². The Hall–Kier alpha value is -3.33. The number of amides is 1. The van der Waals surface area contributed by atoms with Crippen LogP contribution in [0.15, 0.2) is 42.5 Å². The smallest absolute Gasteiger partial charge is 0.269 e. The van der Waals surface area contributed by atoms with Crippen molar-refractivity contribution in [3.05, 3.63) is 58.1 Å². The third-order valence-corrected chi connectivity index (χ3v) is 3.66. The van der Waals surface area contributed by atoms with Crippen LogP contribution < -0.4 is 25.8 Å². The molecule has 1 amide bonds. The Balaban J connectivity index is 1.84. The summed E-state index contributed by atoms with van der Waals surface area (Å²) in [7, 11) is 1.53. The lowest BCUT2D eigenvalue weighted by Crippen LogP contribution is -2.23. The molecular formula is C18H22N4O5. The summed E-state index contributed by atoms with van der Waals surface area (Å²) in [6.07, 6.45) is 0. The number of nitro benzene ring substituents is 1. The average Bonchev–Trinajstić information content (AvgIpc) is 2.66. The number of para-hydroxylation sites is 1. The van der Waals surface area contributed by atoms with Crippen molar-refractivity contribution in [2.45, 2.75) is 6.54 Å². The zero-order chi connectivity index (χ0) is 19.6. The van der Waals surface area contributed by atoms with Gasteiger partial charge in [-0.3, -0.25) is 14.9 Å². The number of carbonyl (C=O) groups is 1. The molecule has 4 N–H and O–H groups in total. The molecule has 0 aliphatic carbocycles. The van der Waals surface area contributed by atoms with Crippen LogP contribution in [0.4, 0.5) is 11.4 Å². The van der Waals surface area contributed by atoms with Crippen LogP contribution in [0, 0.1) is 10.1 Å². The van der Waals surface area contributed by atoms with Crippen LogP contribution in [0.3, 0.4) is 0 Å². The number of nitrogens with zero attached hydrogens (tertiary/aromatic N) is 1. The van der Waals surface area contributed by atoms with Gasteiger partial charge in [-0.15, -0.1) is 0 Å². The van der Waals surface area contributed by atoms with Crippen LogP contribution in [0.25, 0.3) is 0 Å². The van der Waals surface area contributed by atoms with E-state index in [0.717, 1.165) is 11.3 Å². The molecule has 144 valence electrons. The lowest BCUT2D eigenvalue weighted by molar-refractivity contribution is -0.384. The number of nitrogens with two attached hydrogens (primary N) is 1. The molecule has 0 heterocycles. The van der Waals surface area contributed by atoms with Crippen molar-refractivity contribution in [1.82, 2.24) is 5.32 Å². The quantitative estimate of drug-likeness (QED) is 0.310. The summed E-state index contributed by atoms with van der Waals surface area (Å²) in [6, 6.07) is 11.7. The Bertz CT molecular complexity index is 780. The van der Waals surface area contributed by atoms with Crippen LogP contribution in [-0.2, 0) is 11.3 Å². The Morgan fingerprint density at radius 1 is 1.19 bits per heavy atom. The fraction of sp³-hybridized carbons (Fsp3) is 0.278. The normalized spacial score (nSPS) is 10.3. The summed E-state index contributed by atoms with van der Waals surface area (Å²) in [5.74, 6) is 0.446. The molecule has 0 fully saturated rings. The number of benzene rings is 2. The number of rotatable bonds is 11. The van der Waals surface area contributed by atoms with Gasteiger partial charge >= 0.3 is 0 Å². The maximum Gasteiger partial charge on any atom is 0.269 e. The number of hydrogen-bond donors (Lipinski definition) is 3. The molecule has 27 heavy (non-hydrogen) atoms. The number of nitrogens with one attached hydrogen (secondary N) is 2. The molecule has 2 aromatic rings. The standard InChI is InChI=1S/C18H22N4O5/c1-26-16-4-2-3-13(18(16)27-12-17(19)23)11-20-9-10-21-14-5-7-15(8-6-14)22(24)25/h2-8,20-21H,9-12H2,1H3,(H2,19,23). The zero-order valence-corrected chi connectivity index (χ0v) is 14.9. The highest BCUT2D eigenvalue weighted by atomic mass is 16.6. The summed E-state index contributed by atoms with van der Waals surface area (Å²) >= 11 is 0. The molecule has 0 aliphatic heterocycles. The first-order valence-electron chi connectivity index (χ1n) is 8.27. The number of non-ortho nitro benzene ring substituents is 1. The highest BCUT2D eigenvalue weighted by molar-refractivity contribution is 5.75. The van der Waals surface area contributed by atoms with E-state index in [0.29, 0.717) is 31.1 Å². The molecule has 0 spiro atoms. The second kappa shape index (κ2) is 9.97. The third kappa shape index (κ3) is 6.15. The molecule has 0 radical (unpaired) electrons. The summed E-state index contributed by atoms with van der Waals surface area (Å²) < 4.78 is 10.7. The highest BCUT2D eigenvalue weighted by Crippen LogP contribution is 2.30. The minimum atomic E-state index is -0.563. The van der Waals surface area contributed by atoms with Gasteiger partial charge in [0.25, 0.3) is 11.6 Å². The predicted molar refractivity (Wildman–Crippen MR) is 101 cm³/mol. The highest BCUT2D eigenvalue weighted by Gasteiger charge is 2.11. The van der Waals surface area contributed by atoms with Gasteiger partial charge in [0.1, 0.15) is 0 Å². The first-order chi connectivity index (χ1) is 13.0. The number of primary amides is 1. The minimum Gasteiger partial charge on any atom is -0.493 e. The van der Waals surface area contributed by atoms with E-state index in [4.69, 9.17) is 15.2 Å². The van der Waals surface area contributed by atoms with Crippen LogP contribution in [0.2, 0.25) is 0 Å². The molecule has 2 rings (SSSR count). The molecule has 0 saturated carbocycles. The Labute approximate surface area is 156 Å². The van der Waals surface area contributed by atoms with E-state index in [2.05, 4.69) is 10.6 Å². The van der Waals surface area contributed by atoms with Gasteiger partial charge in [0.2, 0.25) is 0 Å². The first-order valence-corrected chi connectivity index (χ1v) is 8.27. The van der Waals surface area contributed by atoms with Crippen molar-refractivity contribution in [2.24, 2.45) is 5.73 Å². The van der Waals surface area contributed by atoms with Gasteiger partial charge in [-0.25, -0.2) is 0 Å². The summed E-state index contributed by atoms with van der Waals surface area (Å²) in [6.45, 7) is 1.55. The van der Waals surface area contributed by atoms with Gasteiger partial charge in [-0.05, 0) is 18.2 Å². The van der Waals surface area contributed by atoms with Crippen molar-refractivity contribution in [2.75, 3.05) is 32.1 Å². The van der Waals surface area contributed by atoms with E-state index in [-0.39, 0.29) is 12.3 Å². The second-order valence-electron chi connectivity index (χ2n) is 5.61. The topological polar surface area (TPSA) is 129 Å². The van der Waals surface area contributed by atoms with Crippen LogP contribution in [0.1, 0.15) is 5.56 Å². The maximum absolute atomic E-state index is 11.0.